The highest BCUT2D eigenvalue weighted by Crippen LogP contribution is 2.05. The Morgan fingerprint density at radius 1 is 1.11 bits per heavy atom. The van der Waals surface area contributed by atoms with Gasteiger partial charge in [0.2, 0.25) is 0 Å². The van der Waals surface area contributed by atoms with E-state index >= 15 is 0 Å². The fourth-order valence-electron chi connectivity index (χ4n) is 2.43. The number of rotatable bonds is 11. The van der Waals surface area contributed by atoms with Crippen LogP contribution in [0.25, 0.3) is 0 Å². The molecule has 2 unspecified atom stereocenters. The Hall–Kier alpha value is -0.120. The highest BCUT2D eigenvalue weighted by Gasteiger charge is 2.12. The van der Waals surface area contributed by atoms with Gasteiger partial charge in [-0.15, -0.1) is 0 Å². The zero-order chi connectivity index (χ0) is 14.0. The maximum absolute atomic E-state index is 3.56. The van der Waals surface area contributed by atoms with E-state index in [-0.39, 0.29) is 0 Å². The topological polar surface area (TPSA) is 18.5 Å². The van der Waals surface area contributed by atoms with Crippen molar-refractivity contribution >= 4 is 0 Å². The summed E-state index contributed by atoms with van der Waals surface area (Å²) in [5, 5.41) is 3.56. The van der Waals surface area contributed by atoms with E-state index in [1.165, 1.54) is 25.8 Å². The molecule has 0 aliphatic rings. The standard InChI is InChI=1S/C15H35N3/c1-7-11-16-14(3)10-9-12-18(8-2)15(4)13-17(5)6/h14-16H,7-13H2,1-6H3. The van der Waals surface area contributed by atoms with Crippen LogP contribution >= 0.6 is 0 Å². The predicted molar refractivity (Wildman–Crippen MR) is 82.3 cm³/mol. The molecule has 0 radical (unpaired) electrons. The number of nitrogens with one attached hydrogen (secondary N) is 1. The molecule has 110 valence electrons. The summed E-state index contributed by atoms with van der Waals surface area (Å²) in [4.78, 5) is 4.87. The number of hydrogen-bond donors (Lipinski definition) is 1. The quantitative estimate of drug-likeness (QED) is 0.613. The van der Waals surface area contributed by atoms with Gasteiger partial charge in [-0.3, -0.25) is 4.90 Å². The van der Waals surface area contributed by atoms with Crippen LogP contribution in [0.1, 0.15) is 47.0 Å². The van der Waals surface area contributed by atoms with E-state index in [1.807, 2.05) is 0 Å². The Bertz CT molecular complexity index is 183. The van der Waals surface area contributed by atoms with Crippen LogP contribution in [0.5, 0.6) is 0 Å². The average Bonchev–Trinajstić information content (AvgIpc) is 2.31. The molecule has 0 rings (SSSR count). The van der Waals surface area contributed by atoms with Crippen LogP contribution in [0.4, 0.5) is 0 Å². The number of hydrogen-bond acceptors (Lipinski definition) is 3. The molecule has 0 bridgehead atoms. The summed E-state index contributed by atoms with van der Waals surface area (Å²) in [5.74, 6) is 0. The molecule has 0 fully saturated rings. The predicted octanol–water partition coefficient (Wildman–Crippen LogP) is 2.43. The second-order valence-corrected chi connectivity index (χ2v) is 5.74. The molecule has 3 nitrogen and oxygen atoms in total. The Labute approximate surface area is 115 Å². The van der Waals surface area contributed by atoms with Gasteiger partial charge in [-0.25, -0.2) is 0 Å². The van der Waals surface area contributed by atoms with E-state index in [0.29, 0.717) is 12.1 Å². The molecule has 1 N–H and O–H groups in total. The lowest BCUT2D eigenvalue weighted by molar-refractivity contribution is 0.177. The Balaban J connectivity index is 3.79. The van der Waals surface area contributed by atoms with E-state index < -0.39 is 0 Å². The van der Waals surface area contributed by atoms with Crippen molar-refractivity contribution in [2.24, 2.45) is 0 Å². The third-order valence-corrected chi connectivity index (χ3v) is 3.48. The Morgan fingerprint density at radius 2 is 1.78 bits per heavy atom. The molecule has 0 aliphatic carbocycles. The maximum atomic E-state index is 3.56. The van der Waals surface area contributed by atoms with Crippen molar-refractivity contribution in [1.82, 2.24) is 15.1 Å². The van der Waals surface area contributed by atoms with Crippen LogP contribution < -0.4 is 5.32 Å². The number of likely N-dealkylation sites (N-methyl/N-ethyl adjacent to an activating group) is 2. The third kappa shape index (κ3) is 8.90. The summed E-state index contributed by atoms with van der Waals surface area (Å²) in [5.41, 5.74) is 0. The first kappa shape index (κ1) is 17.9. The zero-order valence-corrected chi connectivity index (χ0v) is 13.5. The lowest BCUT2D eigenvalue weighted by Crippen LogP contribution is -2.40. The van der Waals surface area contributed by atoms with Gasteiger partial charge in [0.05, 0.1) is 0 Å². The normalized spacial score (nSPS) is 15.3. The average molecular weight is 257 g/mol. The second kappa shape index (κ2) is 10.8. The van der Waals surface area contributed by atoms with Crippen LogP contribution in [-0.2, 0) is 0 Å². The van der Waals surface area contributed by atoms with Gasteiger partial charge in [-0.05, 0) is 66.8 Å². The van der Waals surface area contributed by atoms with Gasteiger partial charge < -0.3 is 10.2 Å². The minimum Gasteiger partial charge on any atom is -0.314 e. The lowest BCUT2D eigenvalue weighted by atomic mass is 10.1. The van der Waals surface area contributed by atoms with Crippen molar-refractivity contribution in [1.29, 1.82) is 0 Å². The van der Waals surface area contributed by atoms with Crippen LogP contribution in [0, 0.1) is 0 Å². The summed E-state index contributed by atoms with van der Waals surface area (Å²) in [6.45, 7) is 13.8. The van der Waals surface area contributed by atoms with Gasteiger partial charge in [0.1, 0.15) is 0 Å². The summed E-state index contributed by atoms with van der Waals surface area (Å²) in [6.07, 6.45) is 3.81. The molecule has 0 spiro atoms. The van der Waals surface area contributed by atoms with Crippen molar-refractivity contribution < 1.29 is 0 Å². The van der Waals surface area contributed by atoms with Crippen molar-refractivity contribution in [3.05, 3.63) is 0 Å². The summed E-state index contributed by atoms with van der Waals surface area (Å²) in [6, 6.07) is 1.32. The molecule has 0 aliphatic heterocycles. The van der Waals surface area contributed by atoms with Gasteiger partial charge in [-0.1, -0.05) is 13.8 Å². The number of nitrogens with zero attached hydrogens (tertiary/aromatic N) is 2. The van der Waals surface area contributed by atoms with Crippen molar-refractivity contribution in [2.45, 2.75) is 59.0 Å². The molecule has 0 saturated carbocycles. The molecule has 18 heavy (non-hydrogen) atoms. The molecule has 0 aromatic rings. The van der Waals surface area contributed by atoms with E-state index in [2.05, 4.69) is 56.9 Å². The molecular formula is C15H35N3. The van der Waals surface area contributed by atoms with E-state index in [1.54, 1.807) is 0 Å². The third-order valence-electron chi connectivity index (χ3n) is 3.48. The van der Waals surface area contributed by atoms with E-state index in [4.69, 9.17) is 0 Å². The monoisotopic (exact) mass is 257 g/mol. The van der Waals surface area contributed by atoms with Crippen molar-refractivity contribution in [3.8, 4) is 0 Å². The highest BCUT2D eigenvalue weighted by molar-refractivity contribution is 4.70. The minimum atomic E-state index is 0.656. The fourth-order valence-corrected chi connectivity index (χ4v) is 2.43. The van der Waals surface area contributed by atoms with Crippen LogP contribution in [-0.4, -0.2) is 62.2 Å². The van der Waals surface area contributed by atoms with Gasteiger partial charge in [0, 0.05) is 18.6 Å². The van der Waals surface area contributed by atoms with Crippen LogP contribution in [0.3, 0.4) is 0 Å². The molecule has 2 atom stereocenters. The first-order chi connectivity index (χ1) is 8.51. The molecule has 0 amide bonds. The summed E-state index contributed by atoms with van der Waals surface area (Å²) < 4.78 is 0. The molecule has 0 aromatic carbocycles. The van der Waals surface area contributed by atoms with Crippen molar-refractivity contribution in [3.63, 3.8) is 0 Å². The van der Waals surface area contributed by atoms with Gasteiger partial charge in [0.25, 0.3) is 0 Å². The van der Waals surface area contributed by atoms with Gasteiger partial charge >= 0.3 is 0 Å². The molecule has 0 saturated heterocycles. The Kier molecular flexibility index (Phi) is 10.7. The van der Waals surface area contributed by atoms with E-state index in [0.717, 1.165) is 19.6 Å². The second-order valence-electron chi connectivity index (χ2n) is 5.74. The maximum Gasteiger partial charge on any atom is 0.0194 e. The smallest absolute Gasteiger partial charge is 0.0194 e. The first-order valence-corrected chi connectivity index (χ1v) is 7.63. The lowest BCUT2D eigenvalue weighted by Gasteiger charge is -2.30. The molecule has 3 heteroatoms. The van der Waals surface area contributed by atoms with E-state index in [9.17, 15) is 0 Å². The molecular weight excluding hydrogens is 222 g/mol. The molecule has 0 heterocycles. The summed E-state index contributed by atoms with van der Waals surface area (Å²) in [7, 11) is 4.31. The Morgan fingerprint density at radius 3 is 2.28 bits per heavy atom. The van der Waals surface area contributed by atoms with Gasteiger partial charge in [-0.2, -0.15) is 0 Å². The highest BCUT2D eigenvalue weighted by atomic mass is 15.2. The van der Waals surface area contributed by atoms with Crippen molar-refractivity contribution in [2.75, 3.05) is 40.3 Å². The van der Waals surface area contributed by atoms with Crippen LogP contribution in [0.15, 0.2) is 0 Å². The largest absolute Gasteiger partial charge is 0.314 e. The fraction of sp³-hybridized carbons (Fsp3) is 1.00. The first-order valence-electron chi connectivity index (χ1n) is 7.63. The van der Waals surface area contributed by atoms with Crippen LogP contribution in [0.2, 0.25) is 0 Å². The minimum absolute atomic E-state index is 0.656. The van der Waals surface area contributed by atoms with Gasteiger partial charge in [0.15, 0.2) is 0 Å². The SMILES string of the molecule is CCCNC(C)CCCN(CC)C(C)CN(C)C. The molecule has 0 aromatic heterocycles. The zero-order valence-electron chi connectivity index (χ0n) is 13.5. The summed E-state index contributed by atoms with van der Waals surface area (Å²) >= 11 is 0.